The van der Waals surface area contributed by atoms with E-state index in [1.54, 1.807) is 4.90 Å². The van der Waals surface area contributed by atoms with Crippen LogP contribution in [0.5, 0.6) is 0 Å². The van der Waals surface area contributed by atoms with Crippen LogP contribution in [0.4, 0.5) is 4.79 Å². The van der Waals surface area contributed by atoms with Crippen molar-refractivity contribution in [3.63, 3.8) is 0 Å². The van der Waals surface area contributed by atoms with Crippen LogP contribution in [-0.4, -0.2) is 77.7 Å². The van der Waals surface area contributed by atoms with E-state index in [1.807, 2.05) is 27.8 Å². The van der Waals surface area contributed by atoms with Gasteiger partial charge < -0.3 is 9.64 Å². The van der Waals surface area contributed by atoms with Crippen LogP contribution in [0.1, 0.15) is 61.3 Å². The van der Waals surface area contributed by atoms with Crippen LogP contribution in [0, 0.1) is 0 Å². The molecule has 0 bridgehead atoms. The number of hydrogen-bond acceptors (Lipinski definition) is 4. The minimum absolute atomic E-state index is 0.129. The van der Waals surface area contributed by atoms with Gasteiger partial charge in [-0.1, -0.05) is 13.8 Å². The summed E-state index contributed by atoms with van der Waals surface area (Å²) in [4.78, 5) is 19.0. The predicted molar refractivity (Wildman–Crippen MR) is 100 cm³/mol. The molecule has 1 fully saturated rings. The van der Waals surface area contributed by atoms with Gasteiger partial charge in [0.25, 0.3) is 0 Å². The second kappa shape index (κ2) is 8.52. The first-order valence-corrected chi connectivity index (χ1v) is 9.45. The van der Waals surface area contributed by atoms with Gasteiger partial charge in [-0.2, -0.15) is 0 Å². The van der Waals surface area contributed by atoms with Crippen LogP contribution in [0.15, 0.2) is 0 Å². The molecule has 0 N–H and O–H groups in total. The number of nitrogens with zero attached hydrogens (tertiary/aromatic N) is 3. The van der Waals surface area contributed by atoms with Gasteiger partial charge in [0.2, 0.25) is 0 Å². The molecule has 0 aliphatic carbocycles. The first-order chi connectivity index (χ1) is 11.0. The van der Waals surface area contributed by atoms with Crippen molar-refractivity contribution < 1.29 is 9.53 Å². The highest BCUT2D eigenvalue weighted by Gasteiger charge is 2.35. The standard InChI is InChI=1S/C19H39N3O2/c1-9-19(7,22-14-13-21(10-2)16(3)15-22)11-12-20(8)17(23)24-18(4,5)6/h16H,9-15H2,1-8H3. The Morgan fingerprint density at radius 3 is 2.29 bits per heavy atom. The minimum atomic E-state index is -0.439. The smallest absolute Gasteiger partial charge is 0.410 e. The van der Waals surface area contributed by atoms with Gasteiger partial charge in [0.1, 0.15) is 5.60 Å². The van der Waals surface area contributed by atoms with Gasteiger partial charge >= 0.3 is 6.09 Å². The van der Waals surface area contributed by atoms with E-state index in [0.717, 1.165) is 45.6 Å². The summed E-state index contributed by atoms with van der Waals surface area (Å²) in [5.74, 6) is 0. The molecule has 5 heteroatoms. The maximum atomic E-state index is 12.2. The maximum Gasteiger partial charge on any atom is 0.410 e. The minimum Gasteiger partial charge on any atom is -0.444 e. The molecule has 1 amide bonds. The van der Waals surface area contributed by atoms with Crippen LogP contribution in [0.3, 0.4) is 0 Å². The summed E-state index contributed by atoms with van der Waals surface area (Å²) in [6.45, 7) is 20.1. The van der Waals surface area contributed by atoms with Crippen molar-refractivity contribution in [3.05, 3.63) is 0 Å². The molecule has 5 nitrogen and oxygen atoms in total. The van der Waals surface area contributed by atoms with E-state index in [2.05, 4.69) is 37.5 Å². The fourth-order valence-electron chi connectivity index (χ4n) is 3.35. The predicted octanol–water partition coefficient (Wildman–Crippen LogP) is 3.44. The number of amides is 1. The maximum absolute atomic E-state index is 12.2. The van der Waals surface area contributed by atoms with E-state index in [4.69, 9.17) is 4.74 Å². The molecule has 2 atom stereocenters. The average Bonchev–Trinajstić information content (AvgIpc) is 2.50. The van der Waals surface area contributed by atoms with Crippen LogP contribution in [0.2, 0.25) is 0 Å². The summed E-state index contributed by atoms with van der Waals surface area (Å²) in [5.41, 5.74) is -0.310. The molecule has 142 valence electrons. The van der Waals surface area contributed by atoms with Crippen molar-refractivity contribution in [2.24, 2.45) is 0 Å². The summed E-state index contributed by atoms with van der Waals surface area (Å²) in [5, 5.41) is 0. The SMILES string of the molecule is CCN1CCN(C(C)(CC)CCN(C)C(=O)OC(C)(C)C)CC1C. The zero-order valence-corrected chi connectivity index (χ0v) is 17.2. The van der Waals surface area contributed by atoms with Crippen molar-refractivity contribution in [1.82, 2.24) is 14.7 Å². The first-order valence-electron chi connectivity index (χ1n) is 9.45. The second-order valence-corrected chi connectivity index (χ2v) is 8.43. The molecule has 1 saturated heterocycles. The highest BCUT2D eigenvalue weighted by molar-refractivity contribution is 5.67. The van der Waals surface area contributed by atoms with Crippen molar-refractivity contribution in [2.45, 2.75) is 78.5 Å². The summed E-state index contributed by atoms with van der Waals surface area (Å²) < 4.78 is 5.46. The highest BCUT2D eigenvalue weighted by atomic mass is 16.6. The summed E-state index contributed by atoms with van der Waals surface area (Å²) in [7, 11) is 1.84. The van der Waals surface area contributed by atoms with E-state index in [0.29, 0.717) is 6.04 Å². The number of hydrogen-bond donors (Lipinski definition) is 0. The molecule has 24 heavy (non-hydrogen) atoms. The van der Waals surface area contributed by atoms with Crippen molar-refractivity contribution in [2.75, 3.05) is 39.8 Å². The number of carbonyl (C=O) groups excluding carboxylic acids is 1. The monoisotopic (exact) mass is 341 g/mol. The molecule has 0 aromatic carbocycles. The fraction of sp³-hybridized carbons (Fsp3) is 0.947. The first kappa shape index (κ1) is 21.2. The normalized spacial score (nSPS) is 22.9. The van der Waals surface area contributed by atoms with Crippen molar-refractivity contribution in [1.29, 1.82) is 0 Å². The number of piperazine rings is 1. The Labute approximate surface area is 149 Å². The van der Waals surface area contributed by atoms with Gasteiger partial charge in [-0.15, -0.1) is 0 Å². The van der Waals surface area contributed by atoms with Gasteiger partial charge in [0.05, 0.1) is 0 Å². The molecule has 0 spiro atoms. The van der Waals surface area contributed by atoms with Crippen molar-refractivity contribution in [3.8, 4) is 0 Å². The van der Waals surface area contributed by atoms with Gasteiger partial charge in [-0.3, -0.25) is 9.80 Å². The Morgan fingerprint density at radius 2 is 1.83 bits per heavy atom. The molecule has 1 heterocycles. The lowest BCUT2D eigenvalue weighted by Gasteiger charge is -2.48. The number of carbonyl (C=O) groups is 1. The quantitative estimate of drug-likeness (QED) is 0.741. The Morgan fingerprint density at radius 1 is 1.21 bits per heavy atom. The Balaban J connectivity index is 2.61. The fourth-order valence-corrected chi connectivity index (χ4v) is 3.35. The Bertz CT molecular complexity index is 408. The Hall–Kier alpha value is -0.810. The van der Waals surface area contributed by atoms with Gasteiger partial charge in [0.15, 0.2) is 0 Å². The molecule has 0 aromatic rings. The largest absolute Gasteiger partial charge is 0.444 e. The van der Waals surface area contributed by atoms with Gasteiger partial charge in [-0.05, 0) is 54.0 Å². The molecular weight excluding hydrogens is 302 g/mol. The number of ether oxygens (including phenoxy) is 1. The van der Waals surface area contributed by atoms with Crippen LogP contribution >= 0.6 is 0 Å². The molecule has 0 radical (unpaired) electrons. The van der Waals surface area contributed by atoms with Crippen LogP contribution in [-0.2, 0) is 4.74 Å². The third kappa shape index (κ3) is 5.92. The van der Waals surface area contributed by atoms with E-state index in [9.17, 15) is 4.79 Å². The van der Waals surface area contributed by atoms with Gasteiger partial charge in [-0.25, -0.2) is 4.79 Å². The molecule has 1 aliphatic rings. The van der Waals surface area contributed by atoms with Crippen LogP contribution < -0.4 is 0 Å². The zero-order chi connectivity index (χ0) is 18.5. The highest BCUT2D eigenvalue weighted by Crippen LogP contribution is 2.27. The van der Waals surface area contributed by atoms with E-state index < -0.39 is 5.60 Å². The van der Waals surface area contributed by atoms with E-state index >= 15 is 0 Å². The molecule has 0 aromatic heterocycles. The molecular formula is C19H39N3O2. The van der Waals surface area contributed by atoms with E-state index in [-0.39, 0.29) is 11.6 Å². The molecule has 0 saturated carbocycles. The summed E-state index contributed by atoms with van der Waals surface area (Å²) in [6.07, 6.45) is 1.83. The average molecular weight is 342 g/mol. The van der Waals surface area contributed by atoms with Gasteiger partial charge in [0, 0.05) is 44.8 Å². The van der Waals surface area contributed by atoms with Crippen LogP contribution in [0.25, 0.3) is 0 Å². The zero-order valence-electron chi connectivity index (χ0n) is 17.2. The molecule has 2 unspecified atom stereocenters. The summed E-state index contributed by atoms with van der Waals surface area (Å²) >= 11 is 0. The lowest BCUT2D eigenvalue weighted by Crippen LogP contribution is -2.59. The third-order valence-corrected chi connectivity index (χ3v) is 5.39. The number of likely N-dealkylation sites (N-methyl/N-ethyl adjacent to an activating group) is 1. The summed E-state index contributed by atoms with van der Waals surface area (Å²) in [6, 6.07) is 0.596. The number of rotatable bonds is 6. The van der Waals surface area contributed by atoms with E-state index in [1.165, 1.54) is 0 Å². The topological polar surface area (TPSA) is 36.0 Å². The second-order valence-electron chi connectivity index (χ2n) is 8.43. The lowest BCUT2D eigenvalue weighted by atomic mass is 9.90. The third-order valence-electron chi connectivity index (χ3n) is 5.39. The Kier molecular flexibility index (Phi) is 7.54. The molecule has 1 aliphatic heterocycles. The molecule has 1 rings (SSSR count). The lowest BCUT2D eigenvalue weighted by molar-refractivity contribution is -0.000302. The van der Waals surface area contributed by atoms with Crippen molar-refractivity contribution >= 4 is 6.09 Å².